The molecule has 0 radical (unpaired) electrons. The van der Waals surface area contributed by atoms with Gasteiger partial charge in [0.1, 0.15) is 0 Å². The zero-order valence-electron chi connectivity index (χ0n) is 6.35. The molecule has 1 aliphatic carbocycles. The van der Waals surface area contributed by atoms with E-state index in [2.05, 4.69) is 0 Å². The summed E-state index contributed by atoms with van der Waals surface area (Å²) in [5.41, 5.74) is 4.82. The molecule has 1 unspecified atom stereocenters. The molecule has 0 aromatic rings. The maximum Gasteiger partial charge on any atom is 0.0976 e. The van der Waals surface area contributed by atoms with E-state index in [-0.39, 0.29) is 18.4 Å². The Bertz CT molecular complexity index is 117. The first-order chi connectivity index (χ1) is 4.72. The summed E-state index contributed by atoms with van der Waals surface area (Å²) in [5.74, 6) is 0. The molecule has 1 atom stereocenters. The predicted octanol–water partition coefficient (Wildman–Crippen LogP) is 1.84. The molecule has 0 aromatic carbocycles. The van der Waals surface area contributed by atoms with Gasteiger partial charge in [-0.2, -0.15) is 0 Å². The van der Waals surface area contributed by atoms with Gasteiger partial charge in [-0.1, -0.05) is 0 Å². The molecule has 11 heavy (non-hydrogen) atoms. The molecule has 0 heterocycles. The first-order valence-electron chi connectivity index (χ1n) is 3.60. The Hall–Kier alpha value is 0.110. The molecule has 1 rings (SSSR count). The molecular weight excluding hydrogens is 172 g/mol. The molecule has 2 N–H and O–H groups in total. The average Bonchev–Trinajstić information content (AvgIpc) is 2.33. The van der Waals surface area contributed by atoms with Gasteiger partial charge >= 0.3 is 0 Å². The van der Waals surface area contributed by atoms with Crippen LogP contribution in [-0.2, 0) is 0 Å². The van der Waals surface area contributed by atoms with Crippen molar-refractivity contribution in [3.63, 3.8) is 0 Å². The van der Waals surface area contributed by atoms with Crippen LogP contribution >= 0.6 is 12.4 Å². The third kappa shape index (κ3) is 2.27. The number of halogens is 3. The van der Waals surface area contributed by atoms with Gasteiger partial charge in [0, 0.05) is 11.5 Å². The molecule has 0 amide bonds. The summed E-state index contributed by atoms with van der Waals surface area (Å²) in [4.78, 5) is 0. The van der Waals surface area contributed by atoms with E-state index in [9.17, 15) is 8.78 Å². The molecular formula is C7H14ClF2N. The van der Waals surface area contributed by atoms with Crippen LogP contribution in [0.3, 0.4) is 0 Å². The Balaban J connectivity index is 0.000001000. The Labute approximate surface area is 71.7 Å². The molecule has 1 fully saturated rings. The summed E-state index contributed by atoms with van der Waals surface area (Å²) in [6.07, 6.45) is 1.90. The SMILES string of the molecule is Cl.NC1CCC(CF)(CF)C1. The van der Waals surface area contributed by atoms with Gasteiger partial charge < -0.3 is 5.73 Å². The molecule has 4 heteroatoms. The van der Waals surface area contributed by atoms with E-state index in [1.807, 2.05) is 0 Å². The highest BCUT2D eigenvalue weighted by atomic mass is 35.5. The van der Waals surface area contributed by atoms with Crippen LogP contribution in [0.1, 0.15) is 19.3 Å². The Morgan fingerprint density at radius 3 is 2.09 bits per heavy atom. The van der Waals surface area contributed by atoms with Crippen LogP contribution in [0.5, 0.6) is 0 Å². The van der Waals surface area contributed by atoms with Crippen molar-refractivity contribution in [1.29, 1.82) is 0 Å². The summed E-state index contributed by atoms with van der Waals surface area (Å²) in [5, 5.41) is 0. The number of alkyl halides is 2. The first-order valence-corrected chi connectivity index (χ1v) is 3.60. The van der Waals surface area contributed by atoms with Crippen LogP contribution in [0.25, 0.3) is 0 Å². The van der Waals surface area contributed by atoms with E-state index < -0.39 is 18.8 Å². The van der Waals surface area contributed by atoms with Crippen LogP contribution in [0.4, 0.5) is 8.78 Å². The van der Waals surface area contributed by atoms with Crippen molar-refractivity contribution in [3.8, 4) is 0 Å². The molecule has 1 saturated carbocycles. The van der Waals surface area contributed by atoms with Gasteiger partial charge in [0.25, 0.3) is 0 Å². The van der Waals surface area contributed by atoms with Crippen molar-refractivity contribution in [2.45, 2.75) is 25.3 Å². The van der Waals surface area contributed by atoms with Crippen molar-refractivity contribution >= 4 is 12.4 Å². The minimum Gasteiger partial charge on any atom is -0.328 e. The van der Waals surface area contributed by atoms with Crippen LogP contribution < -0.4 is 5.73 Å². The highest BCUT2D eigenvalue weighted by Gasteiger charge is 2.37. The van der Waals surface area contributed by atoms with Crippen molar-refractivity contribution < 1.29 is 8.78 Å². The van der Waals surface area contributed by atoms with Crippen LogP contribution in [0.2, 0.25) is 0 Å². The lowest BCUT2D eigenvalue weighted by molar-refractivity contribution is 0.157. The van der Waals surface area contributed by atoms with Gasteiger partial charge in [-0.3, -0.25) is 8.78 Å². The fourth-order valence-corrected chi connectivity index (χ4v) is 1.53. The Morgan fingerprint density at radius 1 is 1.36 bits per heavy atom. The van der Waals surface area contributed by atoms with Crippen LogP contribution in [0.15, 0.2) is 0 Å². The minimum absolute atomic E-state index is 0. The maximum absolute atomic E-state index is 12.2. The van der Waals surface area contributed by atoms with E-state index in [1.165, 1.54) is 0 Å². The lowest BCUT2D eigenvalue weighted by Crippen LogP contribution is -2.25. The number of hydrogen-bond donors (Lipinski definition) is 1. The summed E-state index contributed by atoms with van der Waals surface area (Å²) in [7, 11) is 0. The van der Waals surface area contributed by atoms with E-state index >= 15 is 0 Å². The zero-order chi connectivity index (χ0) is 7.61. The topological polar surface area (TPSA) is 26.0 Å². The van der Waals surface area contributed by atoms with Crippen LogP contribution in [0, 0.1) is 5.41 Å². The minimum atomic E-state index is -0.709. The zero-order valence-corrected chi connectivity index (χ0v) is 7.17. The van der Waals surface area contributed by atoms with Crippen molar-refractivity contribution in [2.75, 3.05) is 13.3 Å². The third-order valence-corrected chi connectivity index (χ3v) is 2.31. The van der Waals surface area contributed by atoms with E-state index in [4.69, 9.17) is 5.73 Å². The summed E-state index contributed by atoms with van der Waals surface area (Å²) in [6, 6.07) is 0.0199. The highest BCUT2D eigenvalue weighted by Crippen LogP contribution is 2.38. The fourth-order valence-electron chi connectivity index (χ4n) is 1.53. The molecule has 0 saturated heterocycles. The first kappa shape index (κ1) is 11.1. The largest absolute Gasteiger partial charge is 0.328 e. The Kier molecular flexibility index (Phi) is 4.26. The average molecular weight is 186 g/mol. The van der Waals surface area contributed by atoms with Gasteiger partial charge in [0.2, 0.25) is 0 Å². The molecule has 0 aromatic heterocycles. The maximum atomic E-state index is 12.2. The number of nitrogens with two attached hydrogens (primary N) is 1. The second-order valence-corrected chi connectivity index (χ2v) is 3.27. The standard InChI is InChI=1S/C7H13F2N.ClH/c8-4-7(5-9)2-1-6(10)3-7;/h6H,1-5,10H2;1H. The lowest BCUT2D eigenvalue weighted by atomic mass is 9.89. The van der Waals surface area contributed by atoms with Crippen molar-refractivity contribution in [3.05, 3.63) is 0 Å². The predicted molar refractivity (Wildman–Crippen MR) is 43.5 cm³/mol. The molecule has 1 nitrogen and oxygen atoms in total. The normalized spacial score (nSPS) is 28.1. The molecule has 0 spiro atoms. The van der Waals surface area contributed by atoms with Gasteiger partial charge in [-0.15, -0.1) is 12.4 Å². The van der Waals surface area contributed by atoms with Crippen molar-refractivity contribution in [1.82, 2.24) is 0 Å². The number of hydrogen-bond acceptors (Lipinski definition) is 1. The fraction of sp³-hybridized carbons (Fsp3) is 1.00. The Morgan fingerprint density at radius 2 is 1.91 bits per heavy atom. The second-order valence-electron chi connectivity index (χ2n) is 3.27. The van der Waals surface area contributed by atoms with Crippen molar-refractivity contribution in [2.24, 2.45) is 11.1 Å². The van der Waals surface area contributed by atoms with E-state index in [0.717, 1.165) is 6.42 Å². The molecule has 68 valence electrons. The van der Waals surface area contributed by atoms with Gasteiger partial charge in [0.05, 0.1) is 13.3 Å². The quantitative estimate of drug-likeness (QED) is 0.698. The molecule has 0 bridgehead atoms. The highest BCUT2D eigenvalue weighted by molar-refractivity contribution is 5.85. The van der Waals surface area contributed by atoms with Gasteiger partial charge in [0.15, 0.2) is 0 Å². The number of rotatable bonds is 2. The summed E-state index contributed by atoms with van der Waals surface area (Å²) in [6.45, 7) is -1.12. The molecule has 0 aliphatic heterocycles. The van der Waals surface area contributed by atoms with Gasteiger partial charge in [-0.05, 0) is 19.3 Å². The van der Waals surface area contributed by atoms with E-state index in [1.54, 1.807) is 0 Å². The molecule has 1 aliphatic rings. The monoisotopic (exact) mass is 185 g/mol. The van der Waals surface area contributed by atoms with Crippen LogP contribution in [-0.4, -0.2) is 19.4 Å². The van der Waals surface area contributed by atoms with E-state index in [0.29, 0.717) is 12.8 Å². The lowest BCUT2D eigenvalue weighted by Gasteiger charge is -2.20. The van der Waals surface area contributed by atoms with Gasteiger partial charge in [-0.25, -0.2) is 0 Å². The summed E-state index contributed by atoms with van der Waals surface area (Å²) >= 11 is 0. The second kappa shape index (κ2) is 4.21. The summed E-state index contributed by atoms with van der Waals surface area (Å²) < 4.78 is 24.5. The third-order valence-electron chi connectivity index (χ3n) is 2.31. The smallest absolute Gasteiger partial charge is 0.0976 e.